The predicted octanol–water partition coefficient (Wildman–Crippen LogP) is 3.62. The van der Waals surface area contributed by atoms with Crippen molar-refractivity contribution < 1.29 is 33.0 Å². The van der Waals surface area contributed by atoms with E-state index in [2.05, 4.69) is 5.32 Å². The van der Waals surface area contributed by atoms with Crippen molar-refractivity contribution in [3.8, 4) is 11.1 Å². The highest BCUT2D eigenvalue weighted by Gasteiger charge is 2.51. The number of alkyl carbamates (subject to hydrolysis) is 1. The zero-order valence-corrected chi connectivity index (χ0v) is 18.0. The predicted molar refractivity (Wildman–Crippen MR) is 115 cm³/mol. The van der Waals surface area contributed by atoms with Gasteiger partial charge in [-0.3, -0.25) is 4.79 Å². The van der Waals surface area contributed by atoms with Crippen LogP contribution in [0.15, 0.2) is 48.5 Å². The summed E-state index contributed by atoms with van der Waals surface area (Å²) in [6.45, 7) is 0.631. The number of carboxylic acids is 1. The van der Waals surface area contributed by atoms with Crippen LogP contribution >= 0.6 is 0 Å². The molecule has 4 rings (SSSR count). The summed E-state index contributed by atoms with van der Waals surface area (Å²) in [5.41, 5.74) is 4.19. The lowest BCUT2D eigenvalue weighted by molar-refractivity contribution is -0.149. The Labute approximate surface area is 189 Å². The number of nitrogens with one attached hydrogen (secondary N) is 1. The van der Waals surface area contributed by atoms with E-state index in [1.54, 1.807) is 6.92 Å². The van der Waals surface area contributed by atoms with Crippen molar-refractivity contribution in [1.82, 2.24) is 10.2 Å². The highest BCUT2D eigenvalue weighted by Crippen LogP contribution is 2.44. The summed E-state index contributed by atoms with van der Waals surface area (Å²) in [6, 6.07) is 12.9. The molecule has 1 heterocycles. The molecule has 2 amide bonds. The molecule has 2 aromatic carbocycles. The summed E-state index contributed by atoms with van der Waals surface area (Å²) < 4.78 is 32.9. The quantitative estimate of drug-likeness (QED) is 0.689. The normalized spacial score (nSPS) is 19.5. The number of alkyl halides is 2. The fraction of sp³-hybridized carbons (Fsp3) is 0.375. The van der Waals surface area contributed by atoms with Gasteiger partial charge in [0.1, 0.15) is 18.7 Å². The molecular formula is C24H24F2N2O5. The average molecular weight is 458 g/mol. The number of likely N-dealkylation sites (tertiary alicyclic amines) is 1. The van der Waals surface area contributed by atoms with Gasteiger partial charge in [-0.2, -0.15) is 0 Å². The summed E-state index contributed by atoms with van der Waals surface area (Å²) in [5.74, 6) is -5.83. The number of hydrogen-bond donors (Lipinski definition) is 2. The average Bonchev–Trinajstić information content (AvgIpc) is 3.30. The Morgan fingerprint density at radius 2 is 1.70 bits per heavy atom. The molecule has 7 nitrogen and oxygen atoms in total. The minimum Gasteiger partial charge on any atom is -0.480 e. The SMILES string of the molecule is CC[C@@H](NC(=O)OCC1c2ccccc2-c2ccccc21)C(=O)N1CC(F)(F)CC1C(=O)O. The second kappa shape index (κ2) is 8.80. The lowest BCUT2D eigenvalue weighted by Crippen LogP contribution is -2.51. The Balaban J connectivity index is 1.42. The fourth-order valence-corrected chi connectivity index (χ4v) is 4.59. The van der Waals surface area contributed by atoms with Crippen molar-refractivity contribution in [2.75, 3.05) is 13.2 Å². The van der Waals surface area contributed by atoms with Crippen LogP contribution in [0.2, 0.25) is 0 Å². The Hall–Kier alpha value is -3.49. The third kappa shape index (κ3) is 4.40. The van der Waals surface area contributed by atoms with E-state index in [0.717, 1.165) is 22.3 Å². The van der Waals surface area contributed by atoms with E-state index in [1.165, 1.54) is 0 Å². The van der Waals surface area contributed by atoms with Gasteiger partial charge in [0.25, 0.3) is 5.92 Å². The van der Waals surface area contributed by atoms with Crippen molar-refractivity contribution in [1.29, 1.82) is 0 Å². The number of carboxylic acid groups (broad SMARTS) is 1. The Morgan fingerprint density at radius 1 is 1.12 bits per heavy atom. The zero-order chi connectivity index (χ0) is 23.8. The summed E-state index contributed by atoms with van der Waals surface area (Å²) in [7, 11) is 0. The standard InChI is InChI=1S/C24H24F2N2O5/c1-2-19(21(29)28-13-24(25,26)11-20(28)22(30)31)27-23(32)33-12-18-16-9-5-3-7-14(16)15-8-4-6-10-17(15)18/h3-10,18-20H,2,11-13H2,1H3,(H,27,32)(H,30,31)/t19-,20?/m1/s1. The van der Waals surface area contributed by atoms with Gasteiger partial charge < -0.3 is 20.1 Å². The smallest absolute Gasteiger partial charge is 0.407 e. The molecule has 1 unspecified atom stereocenters. The first kappa shape index (κ1) is 22.7. The molecule has 2 aromatic rings. The van der Waals surface area contributed by atoms with Crippen LogP contribution in [0.4, 0.5) is 13.6 Å². The molecule has 1 aliphatic carbocycles. The van der Waals surface area contributed by atoms with Gasteiger partial charge in [-0.25, -0.2) is 18.4 Å². The lowest BCUT2D eigenvalue weighted by Gasteiger charge is -2.26. The number of carbonyl (C=O) groups excluding carboxylic acids is 2. The number of amides is 2. The van der Waals surface area contributed by atoms with E-state index < -0.39 is 48.9 Å². The molecule has 9 heteroatoms. The molecule has 174 valence electrons. The van der Waals surface area contributed by atoms with Crippen molar-refractivity contribution in [3.63, 3.8) is 0 Å². The maximum Gasteiger partial charge on any atom is 0.407 e. The van der Waals surface area contributed by atoms with E-state index in [9.17, 15) is 28.3 Å². The first-order valence-electron chi connectivity index (χ1n) is 10.7. The maximum absolute atomic E-state index is 13.8. The van der Waals surface area contributed by atoms with Crippen molar-refractivity contribution in [2.24, 2.45) is 0 Å². The van der Waals surface area contributed by atoms with Crippen LogP contribution in [0.3, 0.4) is 0 Å². The number of halogens is 2. The number of benzene rings is 2. The van der Waals surface area contributed by atoms with Crippen LogP contribution in [-0.2, 0) is 14.3 Å². The van der Waals surface area contributed by atoms with Crippen LogP contribution in [0.5, 0.6) is 0 Å². The number of carbonyl (C=O) groups is 3. The summed E-state index contributed by atoms with van der Waals surface area (Å²) in [6.07, 6.45) is -1.72. The fourth-order valence-electron chi connectivity index (χ4n) is 4.59. The van der Waals surface area contributed by atoms with E-state index in [0.29, 0.717) is 4.90 Å². The molecule has 33 heavy (non-hydrogen) atoms. The summed E-state index contributed by atoms with van der Waals surface area (Å²) in [4.78, 5) is 37.2. The number of hydrogen-bond acceptors (Lipinski definition) is 4. The molecule has 1 aliphatic heterocycles. The Morgan fingerprint density at radius 3 is 2.24 bits per heavy atom. The Kier molecular flexibility index (Phi) is 6.05. The number of aliphatic carboxylic acids is 1. The molecule has 1 saturated heterocycles. The number of ether oxygens (including phenoxy) is 1. The third-order valence-electron chi connectivity index (χ3n) is 6.18. The van der Waals surface area contributed by atoms with Gasteiger partial charge in [-0.05, 0) is 28.7 Å². The van der Waals surface area contributed by atoms with Crippen LogP contribution < -0.4 is 5.32 Å². The van der Waals surface area contributed by atoms with Gasteiger partial charge in [-0.1, -0.05) is 55.5 Å². The van der Waals surface area contributed by atoms with Crippen molar-refractivity contribution in [3.05, 3.63) is 59.7 Å². The molecule has 1 fully saturated rings. The molecule has 0 radical (unpaired) electrons. The van der Waals surface area contributed by atoms with Crippen molar-refractivity contribution in [2.45, 2.75) is 43.7 Å². The van der Waals surface area contributed by atoms with E-state index in [1.807, 2.05) is 48.5 Å². The molecule has 0 aromatic heterocycles. The van der Waals surface area contributed by atoms with Gasteiger partial charge in [0.05, 0.1) is 6.54 Å². The number of rotatable bonds is 6. The van der Waals surface area contributed by atoms with Gasteiger partial charge in [0.2, 0.25) is 5.91 Å². The summed E-state index contributed by atoms with van der Waals surface area (Å²) >= 11 is 0. The summed E-state index contributed by atoms with van der Waals surface area (Å²) in [5, 5.41) is 11.6. The zero-order valence-electron chi connectivity index (χ0n) is 18.0. The first-order valence-corrected chi connectivity index (χ1v) is 10.7. The molecule has 0 bridgehead atoms. The molecule has 0 saturated carbocycles. The van der Waals surface area contributed by atoms with Crippen LogP contribution in [0.25, 0.3) is 11.1 Å². The molecule has 2 aliphatic rings. The minimum atomic E-state index is -3.29. The third-order valence-corrected chi connectivity index (χ3v) is 6.18. The van der Waals surface area contributed by atoms with Gasteiger partial charge in [-0.15, -0.1) is 0 Å². The second-order valence-electron chi connectivity index (χ2n) is 8.31. The van der Waals surface area contributed by atoms with Gasteiger partial charge in [0.15, 0.2) is 0 Å². The number of nitrogens with zero attached hydrogens (tertiary/aromatic N) is 1. The van der Waals surface area contributed by atoms with E-state index in [-0.39, 0.29) is 18.9 Å². The topological polar surface area (TPSA) is 95.9 Å². The lowest BCUT2D eigenvalue weighted by atomic mass is 9.98. The largest absolute Gasteiger partial charge is 0.480 e. The van der Waals surface area contributed by atoms with Crippen molar-refractivity contribution >= 4 is 18.0 Å². The van der Waals surface area contributed by atoms with Crippen LogP contribution in [0.1, 0.15) is 36.8 Å². The maximum atomic E-state index is 13.8. The Bertz CT molecular complexity index is 1040. The minimum absolute atomic E-state index is 0.0318. The molecule has 0 spiro atoms. The van der Waals surface area contributed by atoms with Crippen LogP contribution in [-0.4, -0.2) is 59.1 Å². The number of fused-ring (bicyclic) bond motifs is 3. The monoisotopic (exact) mass is 458 g/mol. The first-order chi connectivity index (χ1) is 15.7. The van der Waals surface area contributed by atoms with E-state index >= 15 is 0 Å². The van der Waals surface area contributed by atoms with Gasteiger partial charge >= 0.3 is 12.1 Å². The highest BCUT2D eigenvalue weighted by atomic mass is 19.3. The molecular weight excluding hydrogens is 434 g/mol. The molecule has 2 atom stereocenters. The highest BCUT2D eigenvalue weighted by molar-refractivity contribution is 5.90. The second-order valence-corrected chi connectivity index (χ2v) is 8.31. The van der Waals surface area contributed by atoms with Crippen LogP contribution in [0, 0.1) is 0 Å². The van der Waals surface area contributed by atoms with E-state index in [4.69, 9.17) is 4.74 Å². The van der Waals surface area contributed by atoms with Gasteiger partial charge in [0, 0.05) is 12.3 Å². The molecule has 2 N–H and O–H groups in total.